The van der Waals surface area contributed by atoms with Crippen molar-refractivity contribution in [2.45, 2.75) is 47.6 Å². The predicted molar refractivity (Wildman–Crippen MR) is 110 cm³/mol. The highest BCUT2D eigenvalue weighted by molar-refractivity contribution is 5.89. The molecule has 144 valence electrons. The van der Waals surface area contributed by atoms with E-state index in [4.69, 9.17) is 0 Å². The van der Waals surface area contributed by atoms with Gasteiger partial charge in [-0.15, -0.1) is 0 Å². The number of aromatic nitrogens is 1. The van der Waals surface area contributed by atoms with Crippen molar-refractivity contribution in [2.24, 2.45) is 0 Å². The van der Waals surface area contributed by atoms with Crippen molar-refractivity contribution in [2.75, 3.05) is 7.11 Å². The van der Waals surface area contributed by atoms with Gasteiger partial charge < -0.3 is 9.30 Å². The Morgan fingerprint density at radius 3 is 2.44 bits per heavy atom. The van der Waals surface area contributed by atoms with Gasteiger partial charge in [0.15, 0.2) is 0 Å². The Morgan fingerprint density at radius 1 is 1.19 bits per heavy atom. The van der Waals surface area contributed by atoms with Gasteiger partial charge in [-0.25, -0.2) is 9.18 Å². The Labute approximate surface area is 160 Å². The SMILES string of the molecule is COC(=O)C=C(C)C=CC(F)=C(C)c1ccc2c(c1)c(C)c(C)n2C(C)C. The number of fused-ring (bicyclic) bond motifs is 1. The number of hydrogen-bond donors (Lipinski definition) is 0. The van der Waals surface area contributed by atoms with Crippen molar-refractivity contribution < 1.29 is 13.9 Å². The molecule has 0 radical (unpaired) electrons. The number of benzene rings is 1. The molecule has 0 atom stereocenters. The van der Waals surface area contributed by atoms with Gasteiger partial charge in [-0.3, -0.25) is 0 Å². The van der Waals surface area contributed by atoms with Crippen LogP contribution in [0.5, 0.6) is 0 Å². The van der Waals surface area contributed by atoms with E-state index in [1.54, 1.807) is 19.9 Å². The molecule has 0 saturated carbocycles. The first kappa shape index (κ1) is 20.7. The molecule has 2 rings (SSSR count). The third kappa shape index (κ3) is 4.38. The van der Waals surface area contributed by atoms with Crippen LogP contribution in [-0.4, -0.2) is 17.6 Å². The summed E-state index contributed by atoms with van der Waals surface area (Å²) in [6, 6.07) is 6.44. The molecular weight excluding hydrogens is 341 g/mol. The lowest BCUT2D eigenvalue weighted by Gasteiger charge is -2.12. The second kappa shape index (κ2) is 8.38. The molecule has 0 amide bonds. The quantitative estimate of drug-likeness (QED) is 0.356. The highest BCUT2D eigenvalue weighted by Gasteiger charge is 2.14. The van der Waals surface area contributed by atoms with Crippen LogP contribution < -0.4 is 0 Å². The molecule has 0 saturated heterocycles. The van der Waals surface area contributed by atoms with Gasteiger partial charge in [0.2, 0.25) is 0 Å². The lowest BCUT2D eigenvalue weighted by atomic mass is 10.0. The largest absolute Gasteiger partial charge is 0.466 e. The summed E-state index contributed by atoms with van der Waals surface area (Å²) in [5, 5.41) is 1.15. The molecule has 2 aromatic rings. The van der Waals surface area contributed by atoms with Crippen LogP contribution in [0.25, 0.3) is 16.5 Å². The number of ether oxygens (including phenoxy) is 1. The first-order valence-corrected chi connectivity index (χ1v) is 9.09. The van der Waals surface area contributed by atoms with Crippen molar-refractivity contribution in [1.82, 2.24) is 4.57 Å². The van der Waals surface area contributed by atoms with E-state index in [-0.39, 0.29) is 5.83 Å². The van der Waals surface area contributed by atoms with Gasteiger partial charge in [0.05, 0.1) is 7.11 Å². The van der Waals surface area contributed by atoms with Crippen molar-refractivity contribution in [1.29, 1.82) is 0 Å². The molecule has 0 unspecified atom stereocenters. The number of halogens is 1. The Hall–Kier alpha value is -2.62. The van der Waals surface area contributed by atoms with Crippen LogP contribution >= 0.6 is 0 Å². The fraction of sp³-hybridized carbons (Fsp3) is 0.348. The summed E-state index contributed by atoms with van der Waals surface area (Å²) in [5.74, 6) is -0.783. The second-order valence-corrected chi connectivity index (χ2v) is 7.12. The summed E-state index contributed by atoms with van der Waals surface area (Å²) < 4.78 is 21.5. The minimum atomic E-state index is -0.454. The Balaban J connectivity index is 2.43. The summed E-state index contributed by atoms with van der Waals surface area (Å²) in [5.41, 5.74) is 5.67. The van der Waals surface area contributed by atoms with E-state index < -0.39 is 5.97 Å². The molecule has 4 heteroatoms. The zero-order chi connectivity index (χ0) is 20.3. The average molecular weight is 369 g/mol. The third-order valence-electron chi connectivity index (χ3n) is 4.91. The molecule has 1 aromatic carbocycles. The number of carbonyl (C=O) groups is 1. The molecule has 0 N–H and O–H groups in total. The number of hydrogen-bond acceptors (Lipinski definition) is 2. The number of methoxy groups -OCH3 is 1. The van der Waals surface area contributed by atoms with E-state index in [9.17, 15) is 9.18 Å². The highest BCUT2D eigenvalue weighted by atomic mass is 19.1. The minimum absolute atomic E-state index is 0.329. The monoisotopic (exact) mass is 369 g/mol. The molecule has 1 heterocycles. The fourth-order valence-corrected chi connectivity index (χ4v) is 3.26. The summed E-state index contributed by atoms with van der Waals surface area (Å²) in [6.45, 7) is 12.1. The topological polar surface area (TPSA) is 31.2 Å². The zero-order valence-corrected chi connectivity index (χ0v) is 17.2. The Bertz CT molecular complexity index is 958. The standard InChI is InChI=1S/C23H28FNO2/c1-14(2)25-18(6)16(4)20-13-19(9-11-22(20)25)17(5)21(24)10-8-15(3)12-23(26)27-7/h8-14H,1-7H3. The molecule has 0 aliphatic rings. The molecule has 0 spiro atoms. The summed E-state index contributed by atoms with van der Waals surface area (Å²) in [4.78, 5) is 11.2. The molecule has 1 aromatic heterocycles. The lowest BCUT2D eigenvalue weighted by molar-refractivity contribution is -0.134. The maximum atomic E-state index is 14.6. The summed E-state index contributed by atoms with van der Waals surface area (Å²) in [6.07, 6.45) is 4.27. The molecule has 0 aliphatic carbocycles. The first-order chi connectivity index (χ1) is 12.7. The average Bonchev–Trinajstić information content (AvgIpc) is 2.89. The molecular formula is C23H28FNO2. The fourth-order valence-electron chi connectivity index (χ4n) is 3.26. The summed E-state index contributed by atoms with van der Waals surface area (Å²) in [7, 11) is 1.31. The molecule has 27 heavy (non-hydrogen) atoms. The number of rotatable bonds is 5. The van der Waals surface area contributed by atoms with Crippen LogP contribution in [-0.2, 0) is 9.53 Å². The Morgan fingerprint density at radius 2 is 1.85 bits per heavy atom. The number of nitrogens with zero attached hydrogens (tertiary/aromatic N) is 1. The van der Waals surface area contributed by atoms with E-state index in [0.717, 1.165) is 10.9 Å². The number of carbonyl (C=O) groups excluding carboxylic acids is 1. The van der Waals surface area contributed by atoms with Gasteiger partial charge >= 0.3 is 5.97 Å². The van der Waals surface area contributed by atoms with Gasteiger partial charge in [0.1, 0.15) is 5.83 Å². The minimum Gasteiger partial charge on any atom is -0.466 e. The van der Waals surface area contributed by atoms with Crippen molar-refractivity contribution >= 4 is 22.4 Å². The number of esters is 1. The Kier molecular flexibility index (Phi) is 6.42. The smallest absolute Gasteiger partial charge is 0.330 e. The van der Waals surface area contributed by atoms with Gasteiger partial charge in [-0.2, -0.15) is 0 Å². The molecule has 0 bridgehead atoms. The van der Waals surface area contributed by atoms with Gasteiger partial charge in [-0.05, 0) is 82.0 Å². The van der Waals surface area contributed by atoms with Crippen molar-refractivity contribution in [3.63, 3.8) is 0 Å². The molecule has 0 fully saturated rings. The van der Waals surface area contributed by atoms with Crippen LogP contribution in [0.4, 0.5) is 4.39 Å². The number of allylic oxidation sites excluding steroid dienone is 5. The maximum Gasteiger partial charge on any atom is 0.330 e. The zero-order valence-electron chi connectivity index (χ0n) is 17.2. The van der Waals surface area contributed by atoms with Gasteiger partial charge in [0.25, 0.3) is 0 Å². The van der Waals surface area contributed by atoms with E-state index in [1.807, 2.05) is 6.07 Å². The van der Waals surface area contributed by atoms with Crippen LogP contribution in [0.15, 0.2) is 47.8 Å². The summed E-state index contributed by atoms with van der Waals surface area (Å²) >= 11 is 0. The number of aryl methyl sites for hydroxylation is 1. The van der Waals surface area contributed by atoms with Crippen LogP contribution in [0.2, 0.25) is 0 Å². The van der Waals surface area contributed by atoms with Crippen LogP contribution in [0, 0.1) is 13.8 Å². The van der Waals surface area contributed by atoms with E-state index in [1.165, 1.54) is 36.0 Å². The lowest BCUT2D eigenvalue weighted by Crippen LogP contribution is -2.02. The van der Waals surface area contributed by atoms with E-state index in [0.29, 0.717) is 17.2 Å². The van der Waals surface area contributed by atoms with E-state index >= 15 is 0 Å². The highest BCUT2D eigenvalue weighted by Crippen LogP contribution is 2.31. The van der Waals surface area contributed by atoms with Crippen molar-refractivity contribution in [3.05, 3.63) is 64.6 Å². The first-order valence-electron chi connectivity index (χ1n) is 9.09. The third-order valence-corrected chi connectivity index (χ3v) is 4.91. The predicted octanol–water partition coefficient (Wildman–Crippen LogP) is 6.22. The van der Waals surface area contributed by atoms with Crippen molar-refractivity contribution in [3.8, 4) is 0 Å². The normalized spacial score (nSPS) is 13.6. The van der Waals surface area contributed by atoms with Crippen LogP contribution in [0.3, 0.4) is 0 Å². The van der Waals surface area contributed by atoms with E-state index in [2.05, 4.69) is 49.1 Å². The van der Waals surface area contributed by atoms with Gasteiger partial charge in [0, 0.05) is 28.7 Å². The van der Waals surface area contributed by atoms with Gasteiger partial charge in [-0.1, -0.05) is 12.1 Å². The molecule has 0 aliphatic heterocycles. The molecule has 3 nitrogen and oxygen atoms in total. The second-order valence-electron chi connectivity index (χ2n) is 7.12. The maximum absolute atomic E-state index is 14.6. The van der Waals surface area contributed by atoms with Crippen LogP contribution in [0.1, 0.15) is 50.6 Å².